The van der Waals surface area contributed by atoms with Crippen LogP contribution in [0.15, 0.2) is 24.0 Å². The largest absolute Gasteiger partial charge is 0.269 e. The normalized spacial score (nSPS) is 12.6. The molecule has 0 saturated carbocycles. The van der Waals surface area contributed by atoms with E-state index in [0.29, 0.717) is 0 Å². The van der Waals surface area contributed by atoms with Crippen LogP contribution in [0.2, 0.25) is 0 Å². The van der Waals surface area contributed by atoms with Crippen LogP contribution in [-0.4, -0.2) is 46.4 Å². The topological polar surface area (TPSA) is 97.5 Å². The predicted molar refractivity (Wildman–Crippen MR) is 63.7 cm³/mol. The predicted octanol–water partition coefficient (Wildman–Crippen LogP) is -0.721. The Bertz CT molecular complexity index is 397. The lowest BCUT2D eigenvalue weighted by atomic mass is 10.6. The van der Waals surface area contributed by atoms with Crippen LogP contribution in [0.1, 0.15) is 0 Å². The van der Waals surface area contributed by atoms with Gasteiger partial charge in [0.2, 0.25) is 0 Å². The molecule has 0 heterocycles. The molecular formula is C8H16N2O4S2. The molecule has 0 aromatic carbocycles. The second-order valence-electron chi connectivity index (χ2n) is 3.10. The molecule has 0 aliphatic heterocycles. The van der Waals surface area contributed by atoms with E-state index in [1.165, 1.54) is 0 Å². The first-order valence-electron chi connectivity index (χ1n) is 4.42. The van der Waals surface area contributed by atoms with Gasteiger partial charge in [-0.25, -0.2) is 21.8 Å². The highest BCUT2D eigenvalue weighted by atomic mass is 32.2. The van der Waals surface area contributed by atoms with Crippen LogP contribution in [0.4, 0.5) is 0 Å². The van der Waals surface area contributed by atoms with Gasteiger partial charge in [-0.3, -0.25) is 5.84 Å². The first-order chi connectivity index (χ1) is 7.22. The van der Waals surface area contributed by atoms with E-state index < -0.39 is 19.7 Å². The first-order valence-corrected chi connectivity index (χ1v) is 7.85. The number of nitrogens with zero attached hydrogens (tertiary/aromatic N) is 1. The van der Waals surface area contributed by atoms with Gasteiger partial charge in [0.05, 0.1) is 11.5 Å². The molecule has 0 fully saturated rings. The van der Waals surface area contributed by atoms with Crippen molar-refractivity contribution in [2.24, 2.45) is 5.84 Å². The van der Waals surface area contributed by atoms with Gasteiger partial charge in [-0.2, -0.15) is 0 Å². The Balaban J connectivity index is 4.07. The minimum absolute atomic E-state index is 0.0566. The van der Waals surface area contributed by atoms with Crippen molar-refractivity contribution in [2.75, 3.05) is 24.6 Å². The number of sulfone groups is 2. The molecule has 0 aromatic rings. The second-order valence-corrected chi connectivity index (χ2v) is 7.24. The van der Waals surface area contributed by atoms with Crippen molar-refractivity contribution in [1.82, 2.24) is 5.01 Å². The minimum Gasteiger partial charge on any atom is -0.269 e. The van der Waals surface area contributed by atoms with Crippen LogP contribution in [0.5, 0.6) is 0 Å². The third kappa shape index (κ3) is 6.72. The molecule has 0 aliphatic carbocycles. The average molecular weight is 268 g/mol. The van der Waals surface area contributed by atoms with Crippen molar-refractivity contribution < 1.29 is 16.8 Å². The highest BCUT2D eigenvalue weighted by Gasteiger charge is 2.11. The second kappa shape index (κ2) is 6.14. The van der Waals surface area contributed by atoms with Crippen molar-refractivity contribution in [3.8, 4) is 0 Å². The van der Waals surface area contributed by atoms with Crippen LogP contribution in [0.25, 0.3) is 0 Å². The van der Waals surface area contributed by atoms with Gasteiger partial charge < -0.3 is 0 Å². The van der Waals surface area contributed by atoms with E-state index in [-0.39, 0.29) is 24.6 Å². The number of hydrazine groups is 1. The molecular weight excluding hydrogens is 252 g/mol. The Kier molecular flexibility index (Phi) is 5.87. The fourth-order valence-corrected chi connectivity index (χ4v) is 2.08. The van der Waals surface area contributed by atoms with E-state index in [9.17, 15) is 16.8 Å². The van der Waals surface area contributed by atoms with Crippen molar-refractivity contribution in [2.45, 2.75) is 0 Å². The van der Waals surface area contributed by atoms with E-state index in [2.05, 4.69) is 13.2 Å². The van der Waals surface area contributed by atoms with Crippen LogP contribution in [-0.2, 0) is 19.7 Å². The number of nitrogens with two attached hydrogens (primary N) is 1. The molecule has 0 atom stereocenters. The van der Waals surface area contributed by atoms with E-state index in [0.717, 1.165) is 15.8 Å². The molecule has 0 bridgehead atoms. The monoisotopic (exact) mass is 268 g/mol. The minimum atomic E-state index is -3.30. The van der Waals surface area contributed by atoms with Gasteiger partial charge in [0.25, 0.3) is 0 Å². The van der Waals surface area contributed by atoms with Gasteiger partial charge in [-0.1, -0.05) is 13.2 Å². The summed E-state index contributed by atoms with van der Waals surface area (Å²) in [6, 6.07) is 0. The van der Waals surface area contributed by atoms with Crippen LogP contribution < -0.4 is 5.84 Å². The van der Waals surface area contributed by atoms with Gasteiger partial charge in [-0.15, -0.1) is 0 Å². The molecule has 0 aromatic heterocycles. The maximum Gasteiger partial charge on any atom is 0.172 e. The molecule has 8 heteroatoms. The molecule has 0 aliphatic rings. The summed E-state index contributed by atoms with van der Waals surface area (Å²) in [4.78, 5) is 0. The smallest absolute Gasteiger partial charge is 0.172 e. The molecule has 0 unspecified atom stereocenters. The SMILES string of the molecule is C=CS(=O)(=O)CCN(N)CCS(=O)(=O)C=C. The van der Waals surface area contributed by atoms with Gasteiger partial charge in [-0.05, 0) is 0 Å². The van der Waals surface area contributed by atoms with Crippen molar-refractivity contribution in [3.63, 3.8) is 0 Å². The van der Waals surface area contributed by atoms with Gasteiger partial charge in [0.1, 0.15) is 0 Å². The lowest BCUT2D eigenvalue weighted by Gasteiger charge is -2.14. The Morgan fingerprint density at radius 2 is 1.25 bits per heavy atom. The summed E-state index contributed by atoms with van der Waals surface area (Å²) in [5.74, 6) is 5.07. The third-order valence-electron chi connectivity index (χ3n) is 1.83. The summed E-state index contributed by atoms with van der Waals surface area (Å²) >= 11 is 0. The lowest BCUT2D eigenvalue weighted by Crippen LogP contribution is -2.38. The molecule has 0 amide bonds. The molecule has 2 N–H and O–H groups in total. The van der Waals surface area contributed by atoms with E-state index in [1.807, 2.05) is 0 Å². The fourth-order valence-electron chi connectivity index (χ4n) is 0.767. The van der Waals surface area contributed by atoms with E-state index in [4.69, 9.17) is 5.84 Å². The number of hydrogen-bond donors (Lipinski definition) is 1. The molecule has 0 radical (unpaired) electrons. The number of rotatable bonds is 8. The van der Waals surface area contributed by atoms with Gasteiger partial charge >= 0.3 is 0 Å². The van der Waals surface area contributed by atoms with Crippen LogP contribution >= 0.6 is 0 Å². The maximum atomic E-state index is 11.0. The zero-order valence-corrected chi connectivity index (χ0v) is 10.5. The summed E-state index contributed by atoms with van der Waals surface area (Å²) in [5.41, 5.74) is 0. The van der Waals surface area contributed by atoms with E-state index >= 15 is 0 Å². The summed E-state index contributed by atoms with van der Waals surface area (Å²) in [6.07, 6.45) is 0. The maximum absolute atomic E-state index is 11.0. The molecule has 94 valence electrons. The Morgan fingerprint density at radius 3 is 1.50 bits per heavy atom. The van der Waals surface area contributed by atoms with Crippen molar-refractivity contribution in [3.05, 3.63) is 24.0 Å². The zero-order chi connectivity index (χ0) is 12.8. The standard InChI is InChI=1S/C8H16N2O4S2/c1-3-15(11,12)7-5-10(9)6-8-16(13,14)4-2/h3-4H,1-2,5-9H2. The summed E-state index contributed by atoms with van der Waals surface area (Å²) in [7, 11) is -6.60. The van der Waals surface area contributed by atoms with Crippen molar-refractivity contribution in [1.29, 1.82) is 0 Å². The summed E-state index contributed by atoms with van der Waals surface area (Å²) in [6.45, 7) is 6.42. The summed E-state index contributed by atoms with van der Waals surface area (Å²) < 4.78 is 44.1. The quantitative estimate of drug-likeness (QED) is 0.461. The van der Waals surface area contributed by atoms with Gasteiger partial charge in [0.15, 0.2) is 19.7 Å². The zero-order valence-electron chi connectivity index (χ0n) is 8.87. The molecule has 0 rings (SSSR count). The Labute approximate surface area is 96.2 Å². The van der Waals surface area contributed by atoms with Crippen LogP contribution in [0.3, 0.4) is 0 Å². The van der Waals surface area contributed by atoms with Crippen LogP contribution in [0, 0.1) is 0 Å². The molecule has 16 heavy (non-hydrogen) atoms. The third-order valence-corrected chi connectivity index (χ3v) is 4.35. The molecule has 0 spiro atoms. The Hall–Kier alpha value is -0.700. The van der Waals surface area contributed by atoms with Gasteiger partial charge in [0, 0.05) is 23.9 Å². The first kappa shape index (κ1) is 15.3. The lowest BCUT2D eigenvalue weighted by molar-refractivity contribution is 0.318. The molecule has 6 nitrogen and oxygen atoms in total. The highest BCUT2D eigenvalue weighted by Crippen LogP contribution is 1.94. The Morgan fingerprint density at radius 1 is 0.938 bits per heavy atom. The summed E-state index contributed by atoms with van der Waals surface area (Å²) in [5, 5.41) is 2.84. The van der Waals surface area contributed by atoms with E-state index in [1.54, 1.807) is 0 Å². The molecule has 0 saturated heterocycles. The number of hydrogen-bond acceptors (Lipinski definition) is 6. The fraction of sp³-hybridized carbons (Fsp3) is 0.500. The van der Waals surface area contributed by atoms with Crippen molar-refractivity contribution >= 4 is 19.7 Å². The average Bonchev–Trinajstić information content (AvgIpc) is 2.24. The highest BCUT2D eigenvalue weighted by molar-refractivity contribution is 7.94.